The maximum absolute atomic E-state index is 12.1. The average molecular weight is 294 g/mol. The summed E-state index contributed by atoms with van der Waals surface area (Å²) in [6, 6.07) is 8.37. The maximum Gasteiger partial charge on any atom is 0.179 e. The highest BCUT2D eigenvalue weighted by molar-refractivity contribution is 7.91. The molecule has 5 heteroatoms. The predicted octanol–water partition coefficient (Wildman–Crippen LogP) is 2.50. The van der Waals surface area contributed by atoms with Crippen molar-refractivity contribution in [2.75, 3.05) is 12.3 Å². The minimum Gasteiger partial charge on any atom is -0.313 e. The van der Waals surface area contributed by atoms with E-state index in [0.29, 0.717) is 18.2 Å². The number of unbranched alkanes of at least 4 members (excludes halogenated alkanes) is 1. The van der Waals surface area contributed by atoms with Crippen LogP contribution in [0.3, 0.4) is 0 Å². The van der Waals surface area contributed by atoms with Gasteiger partial charge in [0.2, 0.25) is 0 Å². The second kappa shape index (κ2) is 8.03. The zero-order valence-corrected chi connectivity index (χ0v) is 12.9. The third-order valence-electron chi connectivity index (χ3n) is 3.20. The Balaban J connectivity index is 2.51. The van der Waals surface area contributed by atoms with Crippen molar-refractivity contribution in [3.8, 4) is 6.07 Å². The fraction of sp³-hybridized carbons (Fsp3) is 0.533. The van der Waals surface area contributed by atoms with Crippen molar-refractivity contribution in [3.63, 3.8) is 0 Å². The second-order valence-corrected chi connectivity index (χ2v) is 7.06. The van der Waals surface area contributed by atoms with Gasteiger partial charge in [-0.15, -0.1) is 0 Å². The Kier molecular flexibility index (Phi) is 6.69. The maximum atomic E-state index is 12.1. The standard InChI is InChI=1S/C15H22N2O2S/c1-3-4-5-13(2)17-10-11-20(18,19)15-8-6-14(12-16)7-9-15/h6-9,13,17H,3-5,10-11H2,1-2H3. The van der Waals surface area contributed by atoms with Gasteiger partial charge in [0, 0.05) is 12.6 Å². The lowest BCUT2D eigenvalue weighted by molar-refractivity contribution is 0.506. The Morgan fingerprint density at radius 1 is 1.30 bits per heavy atom. The molecule has 0 saturated heterocycles. The van der Waals surface area contributed by atoms with Crippen LogP contribution in [0.25, 0.3) is 0 Å². The summed E-state index contributed by atoms with van der Waals surface area (Å²) in [7, 11) is -3.27. The van der Waals surface area contributed by atoms with Crippen LogP contribution in [0.15, 0.2) is 29.2 Å². The van der Waals surface area contributed by atoms with E-state index in [-0.39, 0.29) is 10.6 Å². The van der Waals surface area contributed by atoms with Crippen LogP contribution in [0.1, 0.15) is 38.7 Å². The highest BCUT2D eigenvalue weighted by atomic mass is 32.2. The van der Waals surface area contributed by atoms with Crippen LogP contribution in [0.5, 0.6) is 0 Å². The summed E-state index contributed by atoms with van der Waals surface area (Å²) in [5.41, 5.74) is 0.468. The van der Waals surface area contributed by atoms with Gasteiger partial charge >= 0.3 is 0 Å². The van der Waals surface area contributed by atoms with Gasteiger partial charge in [0.1, 0.15) is 0 Å². The van der Waals surface area contributed by atoms with Gasteiger partial charge in [0.15, 0.2) is 9.84 Å². The van der Waals surface area contributed by atoms with Crippen molar-refractivity contribution in [2.45, 2.75) is 44.0 Å². The minimum absolute atomic E-state index is 0.0787. The first-order chi connectivity index (χ1) is 9.49. The molecule has 0 spiro atoms. The van der Waals surface area contributed by atoms with Gasteiger partial charge in [-0.05, 0) is 37.6 Å². The monoisotopic (exact) mass is 294 g/mol. The summed E-state index contributed by atoms with van der Waals surface area (Å²) >= 11 is 0. The highest BCUT2D eigenvalue weighted by Gasteiger charge is 2.14. The van der Waals surface area contributed by atoms with Gasteiger partial charge in [-0.3, -0.25) is 0 Å². The zero-order chi connectivity index (χ0) is 15.0. The molecule has 1 atom stereocenters. The van der Waals surface area contributed by atoms with Crippen LogP contribution >= 0.6 is 0 Å². The molecule has 0 heterocycles. The van der Waals surface area contributed by atoms with Gasteiger partial charge in [-0.1, -0.05) is 19.8 Å². The summed E-state index contributed by atoms with van der Waals surface area (Å²) < 4.78 is 24.2. The summed E-state index contributed by atoms with van der Waals surface area (Å²) in [6.07, 6.45) is 3.36. The molecule has 0 aliphatic carbocycles. The number of nitrogens with zero attached hydrogens (tertiary/aromatic N) is 1. The molecule has 0 aromatic heterocycles. The SMILES string of the molecule is CCCCC(C)NCCS(=O)(=O)c1ccc(C#N)cc1. The van der Waals surface area contributed by atoms with Crippen LogP contribution in [0, 0.1) is 11.3 Å². The molecular weight excluding hydrogens is 272 g/mol. The molecule has 1 rings (SSSR count). The van der Waals surface area contributed by atoms with Crippen molar-refractivity contribution in [3.05, 3.63) is 29.8 Å². The smallest absolute Gasteiger partial charge is 0.179 e. The number of benzene rings is 1. The first-order valence-electron chi connectivity index (χ1n) is 6.96. The lowest BCUT2D eigenvalue weighted by Gasteiger charge is -2.13. The molecule has 0 fully saturated rings. The molecule has 110 valence electrons. The Bertz CT molecular complexity index is 544. The Morgan fingerprint density at radius 3 is 2.50 bits per heavy atom. The van der Waals surface area contributed by atoms with Crippen LogP contribution in [0.2, 0.25) is 0 Å². The second-order valence-electron chi connectivity index (χ2n) is 4.95. The van der Waals surface area contributed by atoms with E-state index in [2.05, 4.69) is 19.2 Å². The van der Waals surface area contributed by atoms with Crippen LogP contribution in [-0.2, 0) is 9.84 Å². The first-order valence-corrected chi connectivity index (χ1v) is 8.61. The molecule has 0 saturated carbocycles. The lowest BCUT2D eigenvalue weighted by atomic mass is 10.1. The largest absolute Gasteiger partial charge is 0.313 e. The summed E-state index contributed by atoms with van der Waals surface area (Å²) in [5.74, 6) is 0.0787. The van der Waals surface area contributed by atoms with E-state index in [0.717, 1.165) is 19.3 Å². The summed E-state index contributed by atoms with van der Waals surface area (Å²) in [4.78, 5) is 0.277. The van der Waals surface area contributed by atoms with Crippen LogP contribution in [0.4, 0.5) is 0 Å². The molecule has 20 heavy (non-hydrogen) atoms. The third-order valence-corrected chi connectivity index (χ3v) is 4.93. The van der Waals surface area contributed by atoms with E-state index < -0.39 is 9.84 Å². The van der Waals surface area contributed by atoms with Gasteiger partial charge in [0.05, 0.1) is 22.3 Å². The molecule has 0 amide bonds. The summed E-state index contributed by atoms with van der Waals surface area (Å²) in [6.45, 7) is 4.67. The normalized spacial score (nSPS) is 12.8. The van der Waals surface area contributed by atoms with Gasteiger partial charge in [-0.2, -0.15) is 5.26 Å². The van der Waals surface area contributed by atoms with Gasteiger partial charge in [0.25, 0.3) is 0 Å². The molecule has 0 aliphatic heterocycles. The predicted molar refractivity (Wildman–Crippen MR) is 80.2 cm³/mol. The topological polar surface area (TPSA) is 70.0 Å². The fourth-order valence-electron chi connectivity index (χ4n) is 1.91. The highest BCUT2D eigenvalue weighted by Crippen LogP contribution is 2.12. The number of nitriles is 1. The van der Waals surface area contributed by atoms with Crippen molar-refractivity contribution >= 4 is 9.84 Å². The average Bonchev–Trinajstić information content (AvgIpc) is 2.45. The third kappa shape index (κ3) is 5.32. The van der Waals surface area contributed by atoms with E-state index in [1.165, 1.54) is 24.3 Å². The molecule has 1 aromatic carbocycles. The number of nitrogens with one attached hydrogen (secondary N) is 1. The Morgan fingerprint density at radius 2 is 1.95 bits per heavy atom. The van der Waals surface area contributed by atoms with Crippen molar-refractivity contribution in [1.82, 2.24) is 5.32 Å². The molecule has 0 aliphatic rings. The van der Waals surface area contributed by atoms with Crippen LogP contribution < -0.4 is 5.32 Å². The Labute approximate surface area is 121 Å². The van der Waals surface area contributed by atoms with Gasteiger partial charge < -0.3 is 5.32 Å². The van der Waals surface area contributed by atoms with Crippen molar-refractivity contribution < 1.29 is 8.42 Å². The molecule has 4 nitrogen and oxygen atoms in total. The number of hydrogen-bond acceptors (Lipinski definition) is 4. The lowest BCUT2D eigenvalue weighted by Crippen LogP contribution is -2.31. The van der Waals surface area contributed by atoms with Crippen LogP contribution in [-0.4, -0.2) is 26.8 Å². The molecule has 0 radical (unpaired) electrons. The number of rotatable bonds is 8. The molecule has 0 bridgehead atoms. The quantitative estimate of drug-likeness (QED) is 0.799. The Hall–Kier alpha value is -1.38. The van der Waals surface area contributed by atoms with E-state index >= 15 is 0 Å². The molecule has 1 unspecified atom stereocenters. The molecule has 1 aromatic rings. The van der Waals surface area contributed by atoms with Crippen molar-refractivity contribution in [2.24, 2.45) is 0 Å². The first kappa shape index (κ1) is 16.7. The van der Waals surface area contributed by atoms with Gasteiger partial charge in [-0.25, -0.2) is 8.42 Å². The fourth-order valence-corrected chi connectivity index (χ4v) is 3.08. The number of sulfone groups is 1. The number of hydrogen-bond donors (Lipinski definition) is 1. The van der Waals surface area contributed by atoms with E-state index in [1.807, 2.05) is 6.07 Å². The molecular formula is C15H22N2O2S. The van der Waals surface area contributed by atoms with Crippen molar-refractivity contribution in [1.29, 1.82) is 5.26 Å². The molecule has 1 N–H and O–H groups in total. The minimum atomic E-state index is -3.27. The summed E-state index contributed by atoms with van der Waals surface area (Å²) in [5, 5.41) is 11.9. The van der Waals surface area contributed by atoms with E-state index in [4.69, 9.17) is 5.26 Å². The zero-order valence-electron chi connectivity index (χ0n) is 12.1. The van der Waals surface area contributed by atoms with E-state index in [1.54, 1.807) is 0 Å². The van der Waals surface area contributed by atoms with E-state index in [9.17, 15) is 8.42 Å².